The normalized spacial score (nSPS) is 33.1. The zero-order valence-corrected chi connectivity index (χ0v) is 14.7. The maximum absolute atomic E-state index is 13.0. The van der Waals surface area contributed by atoms with Crippen molar-refractivity contribution in [3.8, 4) is 0 Å². The van der Waals surface area contributed by atoms with Crippen LogP contribution in [0.25, 0.3) is 0 Å². The van der Waals surface area contributed by atoms with Crippen LogP contribution < -0.4 is 5.73 Å². The lowest BCUT2D eigenvalue weighted by molar-refractivity contribution is -0.135. The maximum atomic E-state index is 13.0. The number of amides is 1. The highest BCUT2D eigenvalue weighted by Gasteiger charge is 2.54. The zero-order chi connectivity index (χ0) is 17.2. The molecule has 4 atom stereocenters. The number of aliphatic hydroxyl groups is 1. The number of aliphatic hydroxyl groups excluding tert-OH is 1. The molecular weight excluding hydrogens is 300 g/mol. The van der Waals surface area contributed by atoms with Crippen molar-refractivity contribution in [2.24, 2.45) is 11.1 Å². The molecule has 0 radical (unpaired) electrons. The first-order chi connectivity index (χ1) is 11.6. The van der Waals surface area contributed by atoms with Crippen molar-refractivity contribution in [3.05, 3.63) is 35.9 Å². The Balaban J connectivity index is 1.75. The van der Waals surface area contributed by atoms with Crippen molar-refractivity contribution in [2.75, 3.05) is 6.54 Å². The van der Waals surface area contributed by atoms with Crippen LogP contribution in [-0.4, -0.2) is 40.6 Å². The van der Waals surface area contributed by atoms with Gasteiger partial charge in [0.25, 0.3) is 0 Å². The predicted octanol–water partition coefficient (Wildman–Crippen LogP) is 2.49. The van der Waals surface area contributed by atoms with Crippen LogP contribution in [0.5, 0.6) is 0 Å². The average Bonchev–Trinajstić information content (AvgIpc) is 2.82. The minimum atomic E-state index is -0.328. The molecule has 3 N–H and O–H groups in total. The molecule has 3 rings (SSSR count). The Morgan fingerprint density at radius 3 is 2.71 bits per heavy atom. The Morgan fingerprint density at radius 1 is 1.29 bits per heavy atom. The van der Waals surface area contributed by atoms with Gasteiger partial charge < -0.3 is 15.7 Å². The Labute approximate surface area is 145 Å². The first-order valence-electron chi connectivity index (χ1n) is 9.29. The molecule has 1 saturated heterocycles. The van der Waals surface area contributed by atoms with Gasteiger partial charge in [-0.1, -0.05) is 50.1 Å². The van der Waals surface area contributed by atoms with E-state index in [1.54, 1.807) is 0 Å². The zero-order valence-electron chi connectivity index (χ0n) is 14.7. The molecule has 1 aromatic carbocycles. The standard InChI is InChI=1S/C20H30N2O2/c1-20-13-16(14-21)22(17(20)9-5-6-10-18(20)23)19(24)12-11-15-7-3-2-4-8-15/h2-4,7-8,16-18,23H,5-6,9-14,21H2,1H3/t16-,17-,18-,20-/m1/s1. The lowest BCUT2D eigenvalue weighted by atomic mass is 9.75. The van der Waals surface area contributed by atoms with E-state index >= 15 is 0 Å². The van der Waals surface area contributed by atoms with Gasteiger partial charge in [0.15, 0.2) is 0 Å². The topological polar surface area (TPSA) is 66.6 Å². The van der Waals surface area contributed by atoms with Gasteiger partial charge >= 0.3 is 0 Å². The largest absolute Gasteiger partial charge is 0.392 e. The van der Waals surface area contributed by atoms with Crippen molar-refractivity contribution in [1.29, 1.82) is 0 Å². The molecule has 1 aliphatic heterocycles. The number of hydrogen-bond donors (Lipinski definition) is 2. The highest BCUT2D eigenvalue weighted by Crippen LogP contribution is 2.48. The molecule has 1 amide bonds. The van der Waals surface area contributed by atoms with Crippen LogP contribution in [-0.2, 0) is 11.2 Å². The molecule has 132 valence electrons. The van der Waals surface area contributed by atoms with Crippen molar-refractivity contribution >= 4 is 5.91 Å². The van der Waals surface area contributed by atoms with E-state index in [1.165, 1.54) is 5.56 Å². The summed E-state index contributed by atoms with van der Waals surface area (Å²) < 4.78 is 0. The van der Waals surface area contributed by atoms with Gasteiger partial charge in [-0.25, -0.2) is 0 Å². The number of carbonyl (C=O) groups excluding carboxylic acids is 1. The van der Waals surface area contributed by atoms with Crippen LogP contribution in [0.3, 0.4) is 0 Å². The molecule has 1 aromatic rings. The summed E-state index contributed by atoms with van der Waals surface area (Å²) in [6, 6.07) is 10.3. The van der Waals surface area contributed by atoms with Crippen LogP contribution in [0, 0.1) is 5.41 Å². The SMILES string of the molecule is C[C@@]12C[C@H](CN)N(C(=O)CCc3ccccc3)[C@@H]1CCCC[C@H]2O. The fourth-order valence-corrected chi connectivity index (χ4v) is 4.75. The van der Waals surface area contributed by atoms with E-state index in [0.29, 0.717) is 13.0 Å². The van der Waals surface area contributed by atoms with Crippen molar-refractivity contribution in [1.82, 2.24) is 4.90 Å². The number of hydrogen-bond acceptors (Lipinski definition) is 3. The summed E-state index contributed by atoms with van der Waals surface area (Å²) >= 11 is 0. The van der Waals surface area contributed by atoms with E-state index < -0.39 is 0 Å². The quantitative estimate of drug-likeness (QED) is 0.891. The van der Waals surface area contributed by atoms with Crippen LogP contribution in [0.2, 0.25) is 0 Å². The predicted molar refractivity (Wildman–Crippen MR) is 95.4 cm³/mol. The first-order valence-corrected chi connectivity index (χ1v) is 9.29. The molecule has 1 heterocycles. The Morgan fingerprint density at radius 2 is 2.00 bits per heavy atom. The summed E-state index contributed by atoms with van der Waals surface area (Å²) in [6.45, 7) is 2.64. The fraction of sp³-hybridized carbons (Fsp3) is 0.650. The van der Waals surface area contributed by atoms with Crippen molar-refractivity contribution in [3.63, 3.8) is 0 Å². The van der Waals surface area contributed by atoms with Crippen LogP contribution in [0.4, 0.5) is 0 Å². The number of nitrogens with zero attached hydrogens (tertiary/aromatic N) is 1. The third kappa shape index (κ3) is 3.22. The van der Waals surface area contributed by atoms with Gasteiger partial charge in [0.1, 0.15) is 0 Å². The molecular formula is C20H30N2O2. The number of likely N-dealkylation sites (tertiary alicyclic amines) is 1. The maximum Gasteiger partial charge on any atom is 0.223 e. The van der Waals surface area contributed by atoms with Crippen molar-refractivity contribution < 1.29 is 9.90 Å². The van der Waals surface area contributed by atoms with E-state index in [1.807, 2.05) is 23.1 Å². The highest BCUT2D eigenvalue weighted by molar-refractivity contribution is 5.78. The summed E-state index contributed by atoms with van der Waals surface area (Å²) in [5.74, 6) is 0.192. The Hall–Kier alpha value is -1.39. The van der Waals surface area contributed by atoms with Crippen LogP contribution in [0.15, 0.2) is 30.3 Å². The molecule has 2 fully saturated rings. The number of benzene rings is 1. The highest BCUT2D eigenvalue weighted by atomic mass is 16.3. The summed E-state index contributed by atoms with van der Waals surface area (Å²) in [6.07, 6.45) is 5.74. The van der Waals surface area contributed by atoms with Crippen LogP contribution >= 0.6 is 0 Å². The monoisotopic (exact) mass is 330 g/mol. The van der Waals surface area contributed by atoms with Crippen molar-refractivity contribution in [2.45, 2.75) is 70.1 Å². The molecule has 4 nitrogen and oxygen atoms in total. The number of fused-ring (bicyclic) bond motifs is 1. The molecule has 2 aliphatic rings. The second kappa shape index (κ2) is 7.24. The number of carbonyl (C=O) groups is 1. The molecule has 0 spiro atoms. The van der Waals surface area contributed by atoms with Gasteiger partial charge in [-0.2, -0.15) is 0 Å². The number of aryl methyl sites for hydroxylation is 1. The molecule has 1 saturated carbocycles. The van der Waals surface area contributed by atoms with E-state index in [2.05, 4.69) is 19.1 Å². The lowest BCUT2D eigenvalue weighted by Crippen LogP contribution is -2.48. The van der Waals surface area contributed by atoms with Gasteiger partial charge in [0, 0.05) is 30.5 Å². The second-order valence-electron chi connectivity index (χ2n) is 7.70. The van der Waals surface area contributed by atoms with E-state index in [4.69, 9.17) is 5.73 Å². The molecule has 24 heavy (non-hydrogen) atoms. The first kappa shape index (κ1) is 17.4. The van der Waals surface area contributed by atoms with Gasteiger partial charge in [-0.15, -0.1) is 0 Å². The summed E-state index contributed by atoms with van der Waals surface area (Å²) in [7, 11) is 0. The molecule has 4 heteroatoms. The van der Waals surface area contributed by atoms with E-state index in [-0.39, 0.29) is 29.5 Å². The van der Waals surface area contributed by atoms with E-state index in [9.17, 15) is 9.90 Å². The molecule has 0 bridgehead atoms. The summed E-state index contributed by atoms with van der Waals surface area (Å²) in [5.41, 5.74) is 6.98. The average molecular weight is 330 g/mol. The Kier molecular flexibility index (Phi) is 5.26. The Bertz CT molecular complexity index is 562. The summed E-state index contributed by atoms with van der Waals surface area (Å²) in [4.78, 5) is 15.0. The third-order valence-electron chi connectivity index (χ3n) is 6.16. The van der Waals surface area contributed by atoms with Gasteiger partial charge in [-0.05, 0) is 31.2 Å². The van der Waals surface area contributed by atoms with Gasteiger partial charge in [0.2, 0.25) is 5.91 Å². The third-order valence-corrected chi connectivity index (χ3v) is 6.16. The number of nitrogens with two attached hydrogens (primary N) is 1. The lowest BCUT2D eigenvalue weighted by Gasteiger charge is -2.37. The molecule has 0 aromatic heterocycles. The van der Waals surface area contributed by atoms with E-state index in [0.717, 1.165) is 38.5 Å². The van der Waals surface area contributed by atoms with Gasteiger partial charge in [0.05, 0.1) is 6.10 Å². The molecule has 0 unspecified atom stereocenters. The smallest absolute Gasteiger partial charge is 0.223 e. The minimum Gasteiger partial charge on any atom is -0.392 e. The molecule has 1 aliphatic carbocycles. The van der Waals surface area contributed by atoms with Crippen LogP contribution in [0.1, 0.15) is 51.0 Å². The fourth-order valence-electron chi connectivity index (χ4n) is 4.75. The number of rotatable bonds is 4. The van der Waals surface area contributed by atoms with Gasteiger partial charge in [-0.3, -0.25) is 4.79 Å². The second-order valence-corrected chi connectivity index (χ2v) is 7.70. The summed E-state index contributed by atoms with van der Waals surface area (Å²) in [5, 5.41) is 10.7. The minimum absolute atomic E-state index is 0.0658.